The summed E-state index contributed by atoms with van der Waals surface area (Å²) in [4.78, 5) is 0.856. The summed E-state index contributed by atoms with van der Waals surface area (Å²) in [5, 5.41) is 1.95. The molecule has 0 saturated carbocycles. The highest BCUT2D eigenvalue weighted by Crippen LogP contribution is 2.30. The molecule has 0 fully saturated rings. The molecule has 2 N–H and O–H groups in total. The number of aryl methyl sites for hydroxylation is 1. The van der Waals surface area contributed by atoms with Gasteiger partial charge in [-0.05, 0) is 48.1 Å². The molecule has 1 aliphatic rings. The first-order valence-electron chi connectivity index (χ1n) is 6.50. The van der Waals surface area contributed by atoms with Crippen LogP contribution in [0.1, 0.15) is 16.0 Å². The summed E-state index contributed by atoms with van der Waals surface area (Å²) >= 11 is 1.63. The van der Waals surface area contributed by atoms with Gasteiger partial charge in [0.2, 0.25) is 10.0 Å². The molecule has 21 heavy (non-hydrogen) atoms. The van der Waals surface area contributed by atoms with Crippen molar-refractivity contribution in [2.45, 2.75) is 24.8 Å². The van der Waals surface area contributed by atoms with Crippen molar-refractivity contribution < 1.29 is 12.8 Å². The Morgan fingerprint density at radius 3 is 2.90 bits per heavy atom. The molecule has 1 aliphatic heterocycles. The zero-order valence-electron chi connectivity index (χ0n) is 11.5. The maximum absolute atomic E-state index is 14.1. The molecule has 0 saturated heterocycles. The van der Waals surface area contributed by atoms with Gasteiger partial charge in [-0.15, -0.1) is 11.3 Å². The fraction of sp³-hybridized carbons (Fsp3) is 0.286. The summed E-state index contributed by atoms with van der Waals surface area (Å²) in [5.41, 5.74) is 7.54. The van der Waals surface area contributed by atoms with Gasteiger partial charge in [-0.25, -0.2) is 12.8 Å². The Morgan fingerprint density at radius 1 is 1.38 bits per heavy atom. The smallest absolute Gasteiger partial charge is 0.246 e. The lowest BCUT2D eigenvalue weighted by molar-refractivity contribution is 0.391. The van der Waals surface area contributed by atoms with Gasteiger partial charge in [0.15, 0.2) is 0 Å². The molecule has 0 spiro atoms. The SMILES string of the molecule is Cc1cc(F)c(S(=O)(=O)N2CCc3sccc3C2)cc1N. The third-order valence-corrected chi connectivity index (χ3v) is 6.59. The number of sulfonamides is 1. The molecule has 0 radical (unpaired) electrons. The van der Waals surface area contributed by atoms with Crippen molar-refractivity contribution in [3.05, 3.63) is 45.4 Å². The summed E-state index contributed by atoms with van der Waals surface area (Å²) in [7, 11) is -3.87. The third kappa shape index (κ3) is 2.45. The second kappa shape index (κ2) is 5.08. The van der Waals surface area contributed by atoms with Crippen molar-refractivity contribution in [1.82, 2.24) is 4.31 Å². The number of nitrogens with zero attached hydrogens (tertiary/aromatic N) is 1. The summed E-state index contributed by atoms with van der Waals surface area (Å²) in [6.45, 7) is 2.30. The zero-order chi connectivity index (χ0) is 15.2. The van der Waals surface area contributed by atoms with Crippen molar-refractivity contribution in [3.63, 3.8) is 0 Å². The molecule has 3 rings (SSSR count). The van der Waals surface area contributed by atoms with Gasteiger partial charge >= 0.3 is 0 Å². The number of halogens is 1. The number of nitrogens with two attached hydrogens (primary N) is 1. The first kappa shape index (κ1) is 14.5. The van der Waals surface area contributed by atoms with Gasteiger partial charge in [-0.2, -0.15) is 4.31 Å². The van der Waals surface area contributed by atoms with Crippen LogP contribution in [-0.4, -0.2) is 19.3 Å². The third-order valence-electron chi connectivity index (χ3n) is 3.71. The van der Waals surface area contributed by atoms with E-state index in [2.05, 4.69) is 0 Å². The van der Waals surface area contributed by atoms with Crippen LogP contribution >= 0.6 is 11.3 Å². The molecule has 0 atom stereocenters. The van der Waals surface area contributed by atoms with Crippen LogP contribution in [0.5, 0.6) is 0 Å². The molecule has 7 heteroatoms. The minimum absolute atomic E-state index is 0.281. The number of benzene rings is 1. The standard InChI is InChI=1S/C14H15FN2O2S2/c1-9-6-11(15)14(7-12(9)16)21(18,19)17-4-2-13-10(8-17)3-5-20-13/h3,5-7H,2,4,8,16H2,1H3. The Kier molecular flexibility index (Phi) is 3.51. The highest BCUT2D eigenvalue weighted by molar-refractivity contribution is 7.89. The second-order valence-corrected chi connectivity index (χ2v) is 8.00. The van der Waals surface area contributed by atoms with E-state index in [0.29, 0.717) is 18.5 Å². The van der Waals surface area contributed by atoms with Gasteiger partial charge < -0.3 is 5.73 Å². The van der Waals surface area contributed by atoms with Crippen LogP contribution < -0.4 is 5.73 Å². The zero-order valence-corrected chi connectivity index (χ0v) is 13.1. The summed E-state index contributed by atoms with van der Waals surface area (Å²) < 4.78 is 40.6. The molecule has 4 nitrogen and oxygen atoms in total. The summed E-state index contributed by atoms with van der Waals surface area (Å²) in [5.74, 6) is -0.752. The average Bonchev–Trinajstić information content (AvgIpc) is 2.90. The minimum atomic E-state index is -3.87. The van der Waals surface area contributed by atoms with Crippen LogP contribution in [0.2, 0.25) is 0 Å². The van der Waals surface area contributed by atoms with E-state index in [1.165, 1.54) is 21.3 Å². The van der Waals surface area contributed by atoms with Gasteiger partial charge in [0.25, 0.3) is 0 Å². The fourth-order valence-corrected chi connectivity index (χ4v) is 4.82. The quantitative estimate of drug-likeness (QED) is 0.863. The average molecular weight is 326 g/mol. The molecule has 112 valence electrons. The van der Waals surface area contributed by atoms with Crippen molar-refractivity contribution in [2.75, 3.05) is 12.3 Å². The van der Waals surface area contributed by atoms with E-state index >= 15 is 0 Å². The number of hydrogen-bond acceptors (Lipinski definition) is 4. The second-order valence-electron chi connectivity index (χ2n) is 5.10. The predicted octanol–water partition coefficient (Wildman–Crippen LogP) is 2.52. The van der Waals surface area contributed by atoms with E-state index in [1.54, 1.807) is 18.3 Å². The normalized spacial score (nSPS) is 15.9. The maximum Gasteiger partial charge on any atom is 0.246 e. The highest BCUT2D eigenvalue weighted by Gasteiger charge is 2.31. The molecule has 0 amide bonds. The number of anilines is 1. The molecule has 0 aliphatic carbocycles. The van der Waals surface area contributed by atoms with Gasteiger partial charge in [-0.3, -0.25) is 0 Å². The Morgan fingerprint density at radius 2 is 2.14 bits per heavy atom. The van der Waals surface area contributed by atoms with Crippen LogP contribution in [0, 0.1) is 12.7 Å². The molecule has 2 heterocycles. The lowest BCUT2D eigenvalue weighted by Crippen LogP contribution is -2.35. The predicted molar refractivity (Wildman–Crippen MR) is 81.2 cm³/mol. The van der Waals surface area contributed by atoms with E-state index in [1.807, 2.05) is 11.4 Å². The lowest BCUT2D eigenvalue weighted by Gasteiger charge is -2.26. The van der Waals surface area contributed by atoms with E-state index in [4.69, 9.17) is 5.73 Å². The van der Waals surface area contributed by atoms with Crippen LogP contribution in [0.4, 0.5) is 10.1 Å². The van der Waals surface area contributed by atoms with Gasteiger partial charge in [0.1, 0.15) is 10.7 Å². The molecule has 2 aromatic rings. The van der Waals surface area contributed by atoms with Crippen molar-refractivity contribution >= 4 is 27.0 Å². The number of hydrogen-bond donors (Lipinski definition) is 1. The van der Waals surface area contributed by atoms with Crippen molar-refractivity contribution in [3.8, 4) is 0 Å². The van der Waals surface area contributed by atoms with E-state index in [0.717, 1.165) is 5.56 Å². The maximum atomic E-state index is 14.1. The van der Waals surface area contributed by atoms with Crippen LogP contribution in [0.25, 0.3) is 0 Å². The Balaban J connectivity index is 2.00. The van der Waals surface area contributed by atoms with Gasteiger partial charge in [-0.1, -0.05) is 0 Å². The number of rotatable bonds is 2. The van der Waals surface area contributed by atoms with Gasteiger partial charge in [0, 0.05) is 23.7 Å². The Hall–Kier alpha value is -1.44. The Bertz CT molecular complexity index is 799. The summed E-state index contributed by atoms with van der Waals surface area (Å²) in [6, 6.07) is 4.30. The van der Waals surface area contributed by atoms with Gasteiger partial charge in [0.05, 0.1) is 0 Å². The van der Waals surface area contributed by atoms with Crippen LogP contribution in [0.15, 0.2) is 28.5 Å². The first-order chi connectivity index (χ1) is 9.89. The fourth-order valence-electron chi connectivity index (χ4n) is 2.43. The topological polar surface area (TPSA) is 63.4 Å². The Labute approximate surface area is 127 Å². The number of fused-ring (bicyclic) bond motifs is 1. The van der Waals surface area contributed by atoms with Crippen molar-refractivity contribution in [2.24, 2.45) is 0 Å². The minimum Gasteiger partial charge on any atom is -0.398 e. The molecule has 0 unspecified atom stereocenters. The molecule has 0 bridgehead atoms. The first-order valence-corrected chi connectivity index (χ1v) is 8.82. The lowest BCUT2D eigenvalue weighted by atomic mass is 10.1. The van der Waals surface area contributed by atoms with Crippen molar-refractivity contribution in [1.29, 1.82) is 0 Å². The van der Waals surface area contributed by atoms with E-state index < -0.39 is 15.8 Å². The van der Waals surface area contributed by atoms with E-state index in [9.17, 15) is 12.8 Å². The highest BCUT2D eigenvalue weighted by atomic mass is 32.2. The molecule has 1 aromatic heterocycles. The molecule has 1 aromatic carbocycles. The number of nitrogen functional groups attached to an aromatic ring is 1. The van der Waals surface area contributed by atoms with Crippen LogP contribution in [0.3, 0.4) is 0 Å². The molecular weight excluding hydrogens is 311 g/mol. The monoisotopic (exact) mass is 326 g/mol. The molecular formula is C14H15FN2O2S2. The largest absolute Gasteiger partial charge is 0.398 e. The number of thiophene rings is 1. The van der Waals surface area contributed by atoms with Crippen LogP contribution in [-0.2, 0) is 23.0 Å². The van der Waals surface area contributed by atoms with E-state index in [-0.39, 0.29) is 17.1 Å². The summed E-state index contributed by atoms with van der Waals surface area (Å²) in [6.07, 6.45) is 0.662.